The van der Waals surface area contributed by atoms with Crippen LogP contribution in [-0.2, 0) is 0 Å². The Labute approximate surface area is 119 Å². The Hall–Kier alpha value is -2.36. The molecule has 0 unspecified atom stereocenters. The zero-order valence-corrected chi connectivity index (χ0v) is 11.8. The Bertz CT molecular complexity index is 519. The van der Waals surface area contributed by atoms with Crippen LogP contribution in [0.15, 0.2) is 48.2 Å². The van der Waals surface area contributed by atoms with Crippen molar-refractivity contribution in [2.45, 2.75) is 13.8 Å². The van der Waals surface area contributed by atoms with Gasteiger partial charge in [-0.15, -0.1) is 0 Å². The van der Waals surface area contributed by atoms with Crippen molar-refractivity contribution < 1.29 is 9.59 Å². The molecule has 1 amide bonds. The van der Waals surface area contributed by atoms with Crippen LogP contribution in [0, 0.1) is 0 Å². The lowest BCUT2D eigenvalue weighted by Gasteiger charge is -2.06. The Morgan fingerprint density at radius 3 is 2.70 bits per heavy atom. The van der Waals surface area contributed by atoms with Gasteiger partial charge in [0.2, 0.25) is 0 Å². The summed E-state index contributed by atoms with van der Waals surface area (Å²) in [5.74, 6) is -0.233. The molecule has 0 radical (unpaired) electrons. The highest BCUT2D eigenvalue weighted by Gasteiger charge is 2.08. The maximum absolute atomic E-state index is 11.9. The molecule has 0 atom stereocenters. The zero-order chi connectivity index (χ0) is 14.8. The van der Waals surface area contributed by atoms with Gasteiger partial charge in [-0.1, -0.05) is 29.8 Å². The molecule has 0 saturated carbocycles. The van der Waals surface area contributed by atoms with Gasteiger partial charge in [-0.2, -0.15) is 0 Å². The maximum atomic E-state index is 11.9. The van der Waals surface area contributed by atoms with Crippen molar-refractivity contribution in [1.82, 2.24) is 10.6 Å². The molecule has 1 aromatic rings. The molecule has 0 aliphatic heterocycles. The molecule has 0 saturated heterocycles. The number of carbonyl (C=O) groups excluding carboxylic acids is 2. The molecular formula is C16H20N2O2. The van der Waals surface area contributed by atoms with Gasteiger partial charge < -0.3 is 10.6 Å². The first-order valence-electron chi connectivity index (χ1n) is 6.54. The van der Waals surface area contributed by atoms with Crippen LogP contribution >= 0.6 is 0 Å². The van der Waals surface area contributed by atoms with Crippen LogP contribution in [0.5, 0.6) is 0 Å². The Balaban J connectivity index is 2.37. The zero-order valence-electron chi connectivity index (χ0n) is 11.8. The van der Waals surface area contributed by atoms with E-state index in [1.54, 1.807) is 24.3 Å². The largest absolute Gasteiger partial charge is 0.389 e. The lowest BCUT2D eigenvalue weighted by molar-refractivity contribution is 0.0948. The summed E-state index contributed by atoms with van der Waals surface area (Å²) in [7, 11) is 0. The van der Waals surface area contributed by atoms with E-state index in [0.717, 1.165) is 0 Å². The van der Waals surface area contributed by atoms with E-state index in [-0.39, 0.29) is 5.91 Å². The molecule has 0 bridgehead atoms. The normalized spacial score (nSPS) is 11.4. The summed E-state index contributed by atoms with van der Waals surface area (Å²) < 4.78 is 0. The average molecular weight is 272 g/mol. The van der Waals surface area contributed by atoms with Gasteiger partial charge >= 0.3 is 0 Å². The van der Waals surface area contributed by atoms with Crippen molar-refractivity contribution in [3.63, 3.8) is 0 Å². The van der Waals surface area contributed by atoms with E-state index in [0.29, 0.717) is 30.5 Å². The van der Waals surface area contributed by atoms with Crippen LogP contribution in [-0.4, -0.2) is 25.3 Å². The fraction of sp³-hybridized carbons (Fsp3) is 0.250. The highest BCUT2D eigenvalue weighted by molar-refractivity contribution is 6.01. The van der Waals surface area contributed by atoms with Crippen LogP contribution < -0.4 is 10.6 Å². The SMILES string of the molecule is C/C=C(C)\C=C/NCCNC(=O)c1ccccc1C=O. The van der Waals surface area contributed by atoms with E-state index in [9.17, 15) is 9.59 Å². The highest BCUT2D eigenvalue weighted by Crippen LogP contribution is 2.05. The molecule has 2 N–H and O–H groups in total. The minimum absolute atomic E-state index is 0.233. The number of hydrogen-bond acceptors (Lipinski definition) is 3. The van der Waals surface area contributed by atoms with Crippen LogP contribution in [0.1, 0.15) is 34.6 Å². The molecule has 0 fully saturated rings. The summed E-state index contributed by atoms with van der Waals surface area (Å²) in [5, 5.41) is 5.85. The van der Waals surface area contributed by atoms with Crippen molar-refractivity contribution >= 4 is 12.2 Å². The number of allylic oxidation sites excluding steroid dienone is 3. The van der Waals surface area contributed by atoms with Crippen LogP contribution in [0.25, 0.3) is 0 Å². The van der Waals surface area contributed by atoms with Gasteiger partial charge in [0, 0.05) is 24.2 Å². The predicted octanol–water partition coefficient (Wildman–Crippen LogP) is 2.30. The molecule has 0 aromatic heterocycles. The fourth-order valence-electron chi connectivity index (χ4n) is 1.52. The smallest absolute Gasteiger partial charge is 0.252 e. The number of aldehydes is 1. The molecule has 0 aliphatic carbocycles. The molecule has 0 aliphatic rings. The number of benzene rings is 1. The Kier molecular flexibility index (Phi) is 6.82. The van der Waals surface area contributed by atoms with E-state index in [1.807, 2.05) is 32.2 Å². The first kappa shape index (κ1) is 15.7. The van der Waals surface area contributed by atoms with Crippen molar-refractivity contribution in [2.75, 3.05) is 13.1 Å². The molecule has 4 heteroatoms. The van der Waals surface area contributed by atoms with Gasteiger partial charge in [0.05, 0.1) is 0 Å². The monoisotopic (exact) mass is 272 g/mol. The first-order chi connectivity index (χ1) is 9.69. The minimum atomic E-state index is -0.233. The lowest BCUT2D eigenvalue weighted by atomic mass is 10.1. The van der Waals surface area contributed by atoms with Crippen molar-refractivity contribution in [3.8, 4) is 0 Å². The molecule has 0 spiro atoms. The summed E-state index contributed by atoms with van der Waals surface area (Å²) in [6, 6.07) is 6.74. The number of rotatable bonds is 7. The third-order valence-corrected chi connectivity index (χ3v) is 2.81. The van der Waals surface area contributed by atoms with Gasteiger partial charge in [-0.3, -0.25) is 9.59 Å². The second-order valence-electron chi connectivity index (χ2n) is 4.28. The van der Waals surface area contributed by atoms with Gasteiger partial charge in [-0.25, -0.2) is 0 Å². The van der Waals surface area contributed by atoms with Crippen LogP contribution in [0.4, 0.5) is 0 Å². The van der Waals surface area contributed by atoms with Crippen LogP contribution in [0.3, 0.4) is 0 Å². The predicted molar refractivity (Wildman–Crippen MR) is 80.7 cm³/mol. The standard InChI is InChI=1S/C16H20N2O2/c1-3-13(2)8-9-17-10-11-18-16(20)15-7-5-4-6-14(15)12-19/h3-9,12,17H,10-11H2,1-2H3,(H,18,20)/b9-8-,13-3-. The van der Waals surface area contributed by atoms with Crippen molar-refractivity contribution in [1.29, 1.82) is 0 Å². The molecule has 106 valence electrons. The van der Waals surface area contributed by atoms with Gasteiger partial charge in [0.25, 0.3) is 5.91 Å². The summed E-state index contributed by atoms with van der Waals surface area (Å²) >= 11 is 0. The van der Waals surface area contributed by atoms with Crippen molar-refractivity contribution in [2.24, 2.45) is 0 Å². The van der Waals surface area contributed by atoms with Gasteiger partial charge in [-0.05, 0) is 32.2 Å². The molecule has 1 rings (SSSR count). The van der Waals surface area contributed by atoms with E-state index in [2.05, 4.69) is 10.6 Å². The Morgan fingerprint density at radius 1 is 1.25 bits per heavy atom. The van der Waals surface area contributed by atoms with E-state index < -0.39 is 0 Å². The summed E-state index contributed by atoms with van der Waals surface area (Å²) in [6.07, 6.45) is 6.51. The molecular weight excluding hydrogens is 252 g/mol. The second kappa shape index (κ2) is 8.69. The third-order valence-electron chi connectivity index (χ3n) is 2.81. The highest BCUT2D eigenvalue weighted by atomic mass is 16.1. The number of carbonyl (C=O) groups is 2. The van der Waals surface area contributed by atoms with Gasteiger partial charge in [0.1, 0.15) is 0 Å². The quantitative estimate of drug-likeness (QED) is 0.455. The third kappa shape index (κ3) is 5.10. The van der Waals surface area contributed by atoms with E-state index >= 15 is 0 Å². The van der Waals surface area contributed by atoms with E-state index in [1.165, 1.54) is 5.57 Å². The maximum Gasteiger partial charge on any atom is 0.252 e. The van der Waals surface area contributed by atoms with Crippen molar-refractivity contribution in [3.05, 3.63) is 59.3 Å². The Morgan fingerprint density at radius 2 is 2.00 bits per heavy atom. The molecule has 1 aromatic carbocycles. The molecule has 0 heterocycles. The summed E-state index contributed by atoms with van der Waals surface area (Å²) in [5.41, 5.74) is 1.98. The summed E-state index contributed by atoms with van der Waals surface area (Å²) in [4.78, 5) is 22.7. The number of nitrogens with one attached hydrogen (secondary N) is 2. The number of hydrogen-bond donors (Lipinski definition) is 2. The number of amides is 1. The molecule has 20 heavy (non-hydrogen) atoms. The molecule has 4 nitrogen and oxygen atoms in total. The average Bonchev–Trinajstić information content (AvgIpc) is 2.49. The summed E-state index contributed by atoms with van der Waals surface area (Å²) in [6.45, 7) is 5.11. The lowest BCUT2D eigenvalue weighted by Crippen LogP contribution is -2.30. The minimum Gasteiger partial charge on any atom is -0.389 e. The second-order valence-corrected chi connectivity index (χ2v) is 4.28. The first-order valence-corrected chi connectivity index (χ1v) is 6.54. The van der Waals surface area contributed by atoms with Gasteiger partial charge in [0.15, 0.2) is 6.29 Å². The fourth-order valence-corrected chi connectivity index (χ4v) is 1.52. The topological polar surface area (TPSA) is 58.2 Å². The van der Waals surface area contributed by atoms with E-state index in [4.69, 9.17) is 0 Å². The van der Waals surface area contributed by atoms with Crippen LogP contribution in [0.2, 0.25) is 0 Å².